The van der Waals surface area contributed by atoms with Crippen molar-refractivity contribution in [2.24, 2.45) is 0 Å². The van der Waals surface area contributed by atoms with E-state index in [4.69, 9.17) is 4.43 Å². The maximum Gasteiger partial charge on any atom is 0.292 e. The van der Waals surface area contributed by atoms with Crippen LogP contribution >= 0.6 is 0 Å². The van der Waals surface area contributed by atoms with Gasteiger partial charge in [-0.1, -0.05) is 91.2 Å². The highest BCUT2D eigenvalue weighted by atomic mass is 28.4. The Morgan fingerprint density at radius 1 is 0.667 bits per heavy atom. The van der Waals surface area contributed by atoms with Crippen LogP contribution in [-0.4, -0.2) is 14.3 Å². The predicted octanol–water partition coefficient (Wildman–Crippen LogP) is 8.57. The molecule has 0 fully saturated rings. The smallest absolute Gasteiger partial charge is 0.292 e. The summed E-state index contributed by atoms with van der Waals surface area (Å²) in [4.78, 5) is 12.1. The van der Waals surface area contributed by atoms with E-state index in [2.05, 4.69) is 39.8 Å². The second kappa shape index (κ2) is 18.8. The lowest BCUT2D eigenvalue weighted by Crippen LogP contribution is -2.38. The molecule has 0 heterocycles. The van der Waals surface area contributed by atoms with Crippen molar-refractivity contribution in [2.75, 3.05) is 0 Å². The van der Waals surface area contributed by atoms with Crippen LogP contribution in [0.1, 0.15) is 118 Å². The Balaban J connectivity index is 3.46. The second-order valence-electron chi connectivity index (χ2n) is 8.05. The van der Waals surface area contributed by atoms with Gasteiger partial charge >= 0.3 is 0 Å². The third-order valence-electron chi connectivity index (χ3n) is 5.91. The molecule has 0 aromatic rings. The first-order valence-corrected chi connectivity index (χ1v) is 14.5. The van der Waals surface area contributed by atoms with E-state index in [0.29, 0.717) is 6.42 Å². The van der Waals surface area contributed by atoms with Crippen molar-refractivity contribution in [1.29, 1.82) is 0 Å². The summed E-state index contributed by atoms with van der Waals surface area (Å²) in [5.74, 6) is 0.0600. The molecule has 0 aliphatic carbocycles. The van der Waals surface area contributed by atoms with Gasteiger partial charge in [0.15, 0.2) is 0 Å². The minimum Gasteiger partial charge on any atom is -0.519 e. The minimum absolute atomic E-state index is 0.0600. The van der Waals surface area contributed by atoms with Crippen molar-refractivity contribution < 1.29 is 9.22 Å². The quantitative estimate of drug-likeness (QED) is 0.124. The zero-order valence-electron chi connectivity index (χ0n) is 19.0. The third kappa shape index (κ3) is 15.1. The standard InChI is InChI=1S/C24H48O2Si/c1-5-9-10-11-12-13-14-15-16-17-18-19-20-21-22-23-24(25)26-27(6-2,7-3)8-4/h15-16H,5-14,17-23H2,1-4H3/b16-15-. The Labute approximate surface area is 171 Å². The third-order valence-corrected chi connectivity index (χ3v) is 10.4. The summed E-state index contributed by atoms with van der Waals surface area (Å²) >= 11 is 0. The van der Waals surface area contributed by atoms with E-state index in [0.717, 1.165) is 31.0 Å². The van der Waals surface area contributed by atoms with Crippen LogP contribution in [0.2, 0.25) is 18.1 Å². The Morgan fingerprint density at radius 3 is 1.59 bits per heavy atom. The largest absolute Gasteiger partial charge is 0.519 e. The average Bonchev–Trinajstić information content (AvgIpc) is 2.69. The van der Waals surface area contributed by atoms with Crippen LogP contribution in [0.3, 0.4) is 0 Å². The molecule has 0 bridgehead atoms. The van der Waals surface area contributed by atoms with Gasteiger partial charge in [0.25, 0.3) is 14.3 Å². The van der Waals surface area contributed by atoms with Crippen LogP contribution in [0.5, 0.6) is 0 Å². The fourth-order valence-corrected chi connectivity index (χ4v) is 6.12. The zero-order valence-corrected chi connectivity index (χ0v) is 20.0. The number of carbonyl (C=O) groups excluding carboxylic acids is 1. The van der Waals surface area contributed by atoms with Gasteiger partial charge in [-0.05, 0) is 50.2 Å². The first-order valence-electron chi connectivity index (χ1n) is 12.0. The topological polar surface area (TPSA) is 26.3 Å². The van der Waals surface area contributed by atoms with Crippen LogP contribution in [0.25, 0.3) is 0 Å². The van der Waals surface area contributed by atoms with Crippen LogP contribution < -0.4 is 0 Å². The first kappa shape index (κ1) is 26.4. The van der Waals surface area contributed by atoms with Gasteiger partial charge in [0, 0.05) is 6.42 Å². The van der Waals surface area contributed by atoms with Crippen LogP contribution in [-0.2, 0) is 9.22 Å². The van der Waals surface area contributed by atoms with Crippen LogP contribution in [0, 0.1) is 0 Å². The summed E-state index contributed by atoms with van der Waals surface area (Å²) in [6.45, 7) is 8.80. The Morgan fingerprint density at radius 2 is 1.11 bits per heavy atom. The highest BCUT2D eigenvalue weighted by molar-refractivity contribution is 6.74. The van der Waals surface area contributed by atoms with Crippen molar-refractivity contribution in [2.45, 2.75) is 136 Å². The molecule has 0 saturated carbocycles. The number of hydrogen-bond acceptors (Lipinski definition) is 2. The van der Waals surface area contributed by atoms with Crippen molar-refractivity contribution in [3.63, 3.8) is 0 Å². The first-order chi connectivity index (χ1) is 13.1. The fraction of sp³-hybridized carbons (Fsp3) is 0.875. The molecule has 0 saturated heterocycles. The Kier molecular flexibility index (Phi) is 18.4. The molecule has 0 radical (unpaired) electrons. The van der Waals surface area contributed by atoms with Crippen molar-refractivity contribution >= 4 is 14.3 Å². The normalized spacial score (nSPS) is 12.0. The van der Waals surface area contributed by atoms with Gasteiger partial charge in [0.2, 0.25) is 0 Å². The molecule has 0 aromatic heterocycles. The van der Waals surface area contributed by atoms with E-state index in [-0.39, 0.29) is 5.97 Å². The second-order valence-corrected chi connectivity index (χ2v) is 12.7. The molecule has 0 aliphatic heterocycles. The summed E-state index contributed by atoms with van der Waals surface area (Å²) in [7, 11) is -1.75. The summed E-state index contributed by atoms with van der Waals surface area (Å²) in [5.41, 5.74) is 0. The lowest BCUT2D eigenvalue weighted by Gasteiger charge is -2.27. The zero-order chi connectivity index (χ0) is 20.2. The maximum atomic E-state index is 12.1. The van der Waals surface area contributed by atoms with Crippen LogP contribution in [0.4, 0.5) is 0 Å². The van der Waals surface area contributed by atoms with E-state index < -0.39 is 8.32 Å². The highest BCUT2D eigenvalue weighted by Gasteiger charge is 2.32. The molecular weight excluding hydrogens is 348 g/mol. The van der Waals surface area contributed by atoms with Gasteiger partial charge in [0.05, 0.1) is 0 Å². The average molecular weight is 397 g/mol. The van der Waals surface area contributed by atoms with Gasteiger partial charge in [-0.2, -0.15) is 0 Å². The lowest BCUT2D eigenvalue weighted by atomic mass is 10.1. The maximum absolute atomic E-state index is 12.1. The predicted molar refractivity (Wildman–Crippen MR) is 123 cm³/mol. The summed E-state index contributed by atoms with van der Waals surface area (Å²) in [6, 6.07) is 3.16. The molecule has 0 atom stereocenters. The van der Waals surface area contributed by atoms with E-state index in [1.165, 1.54) is 70.6 Å². The summed E-state index contributed by atoms with van der Waals surface area (Å²) in [6.07, 6.45) is 22.1. The molecule has 0 amide bonds. The van der Waals surface area contributed by atoms with E-state index in [1.54, 1.807) is 0 Å². The van der Waals surface area contributed by atoms with Crippen molar-refractivity contribution in [3.8, 4) is 0 Å². The monoisotopic (exact) mass is 396 g/mol. The number of hydrogen-bond donors (Lipinski definition) is 0. The molecular formula is C24H48O2Si. The lowest BCUT2D eigenvalue weighted by molar-refractivity contribution is -0.135. The van der Waals surface area contributed by atoms with E-state index in [9.17, 15) is 4.79 Å². The minimum atomic E-state index is -1.75. The molecule has 0 aliphatic rings. The Bertz CT molecular complexity index is 353. The Hall–Kier alpha value is -0.573. The molecule has 3 heteroatoms. The van der Waals surface area contributed by atoms with Crippen molar-refractivity contribution in [1.82, 2.24) is 0 Å². The SMILES string of the molecule is CCCCCCCC/C=C\CCCCCCCC(=O)O[Si](CC)(CC)CC. The molecule has 0 unspecified atom stereocenters. The van der Waals surface area contributed by atoms with Crippen LogP contribution in [0.15, 0.2) is 12.2 Å². The molecule has 0 spiro atoms. The summed E-state index contributed by atoms with van der Waals surface area (Å²) < 4.78 is 5.90. The van der Waals surface area contributed by atoms with Gasteiger partial charge in [-0.25, -0.2) is 0 Å². The number of carbonyl (C=O) groups is 1. The molecule has 0 aromatic carbocycles. The number of allylic oxidation sites excluding steroid dienone is 2. The van der Waals surface area contributed by atoms with Gasteiger partial charge < -0.3 is 4.43 Å². The van der Waals surface area contributed by atoms with Crippen molar-refractivity contribution in [3.05, 3.63) is 12.2 Å². The molecule has 160 valence electrons. The number of unbranched alkanes of at least 4 members (excludes halogenated alkanes) is 11. The molecule has 2 nitrogen and oxygen atoms in total. The molecule has 0 N–H and O–H groups in total. The summed E-state index contributed by atoms with van der Waals surface area (Å²) in [5, 5.41) is 0. The highest BCUT2D eigenvalue weighted by Crippen LogP contribution is 2.22. The van der Waals surface area contributed by atoms with Gasteiger partial charge in [0.1, 0.15) is 0 Å². The van der Waals surface area contributed by atoms with E-state index >= 15 is 0 Å². The van der Waals surface area contributed by atoms with Gasteiger partial charge in [-0.15, -0.1) is 0 Å². The fourth-order valence-electron chi connectivity index (χ4n) is 3.60. The molecule has 0 rings (SSSR count). The van der Waals surface area contributed by atoms with E-state index in [1.807, 2.05) is 0 Å². The number of rotatable bonds is 19. The molecule has 27 heavy (non-hydrogen) atoms. The van der Waals surface area contributed by atoms with Gasteiger partial charge in [-0.3, -0.25) is 4.79 Å².